The number of hydrogen-bond donors (Lipinski definition) is 4. The molecule has 2 aromatic rings. The van der Waals surface area contributed by atoms with Crippen LogP contribution in [0.3, 0.4) is 0 Å². The number of esters is 1. The number of pyridine rings is 1. The predicted molar refractivity (Wildman–Crippen MR) is 157 cm³/mol. The summed E-state index contributed by atoms with van der Waals surface area (Å²) in [7, 11) is 0. The van der Waals surface area contributed by atoms with Crippen LogP contribution in [0.25, 0.3) is 0 Å². The number of nitrogens with zero attached hydrogens (tertiary/aromatic N) is 4. The molecule has 1 fully saturated rings. The number of amides is 1. The van der Waals surface area contributed by atoms with Crippen LogP contribution in [-0.2, 0) is 25.5 Å². The number of rotatable bonds is 9. The Labute approximate surface area is 245 Å². The second-order valence-electron chi connectivity index (χ2n) is 11.7. The van der Waals surface area contributed by atoms with Crippen LogP contribution in [0.15, 0.2) is 12.1 Å². The number of aliphatic carboxylic acids is 1. The van der Waals surface area contributed by atoms with Gasteiger partial charge in [-0.05, 0) is 71.9 Å². The minimum absolute atomic E-state index is 0.159. The molecule has 2 aliphatic rings. The summed E-state index contributed by atoms with van der Waals surface area (Å²) < 4.78 is 9.92. The number of carbonyl (C=O) groups is 3. The molecular formula is C29H41N7O6. The summed E-state index contributed by atoms with van der Waals surface area (Å²) >= 11 is 0. The maximum absolute atomic E-state index is 12.1. The van der Waals surface area contributed by atoms with E-state index in [2.05, 4.69) is 43.0 Å². The van der Waals surface area contributed by atoms with Crippen molar-refractivity contribution in [3.63, 3.8) is 0 Å². The van der Waals surface area contributed by atoms with Gasteiger partial charge in [-0.25, -0.2) is 29.3 Å². The van der Waals surface area contributed by atoms with Gasteiger partial charge in [0.1, 0.15) is 34.9 Å². The van der Waals surface area contributed by atoms with E-state index >= 15 is 0 Å². The molecule has 1 atom stereocenters. The minimum atomic E-state index is -1.33. The van der Waals surface area contributed by atoms with Gasteiger partial charge >= 0.3 is 18.0 Å². The Hall–Kier alpha value is -4.16. The van der Waals surface area contributed by atoms with Crippen molar-refractivity contribution in [1.29, 1.82) is 0 Å². The number of fused-ring (bicyclic) bond motifs is 1. The van der Waals surface area contributed by atoms with Crippen LogP contribution in [-0.4, -0.2) is 82.5 Å². The fraction of sp³-hybridized carbons (Fsp3) is 0.586. The maximum Gasteiger partial charge on any atom is 0.408 e. The van der Waals surface area contributed by atoms with Crippen molar-refractivity contribution in [2.75, 3.05) is 48.3 Å². The molecule has 4 rings (SSSR count). The highest BCUT2D eigenvalue weighted by atomic mass is 16.6. The molecule has 0 bridgehead atoms. The number of nitrogens with one attached hydrogen (secondary N) is 3. The third-order valence-electron chi connectivity index (χ3n) is 7.17. The highest BCUT2D eigenvalue weighted by Gasteiger charge is 2.27. The van der Waals surface area contributed by atoms with Gasteiger partial charge in [-0.15, -0.1) is 0 Å². The van der Waals surface area contributed by atoms with Crippen molar-refractivity contribution < 1.29 is 29.0 Å². The van der Waals surface area contributed by atoms with Crippen molar-refractivity contribution in [3.8, 4) is 0 Å². The quantitative estimate of drug-likeness (QED) is 0.319. The average molecular weight is 584 g/mol. The van der Waals surface area contributed by atoms with Crippen LogP contribution in [0.2, 0.25) is 0 Å². The highest BCUT2D eigenvalue weighted by Crippen LogP contribution is 2.33. The maximum atomic E-state index is 12.1. The summed E-state index contributed by atoms with van der Waals surface area (Å²) in [5, 5.41) is 18.4. The zero-order valence-corrected chi connectivity index (χ0v) is 25.0. The van der Waals surface area contributed by atoms with Gasteiger partial charge in [-0.1, -0.05) is 6.07 Å². The largest absolute Gasteiger partial charge is 0.480 e. The molecule has 0 aliphatic carbocycles. The van der Waals surface area contributed by atoms with Crippen molar-refractivity contribution in [2.45, 2.75) is 77.9 Å². The van der Waals surface area contributed by atoms with Gasteiger partial charge in [0, 0.05) is 43.4 Å². The Bertz CT molecular complexity index is 1300. The number of ether oxygens (including phenoxy) is 2. The number of anilines is 3. The molecule has 0 saturated carbocycles. The van der Waals surface area contributed by atoms with E-state index in [1.165, 1.54) is 5.56 Å². The molecule has 0 aromatic carbocycles. The Morgan fingerprint density at radius 3 is 2.57 bits per heavy atom. The van der Waals surface area contributed by atoms with E-state index in [1.807, 2.05) is 6.92 Å². The van der Waals surface area contributed by atoms with Gasteiger partial charge in [-0.3, -0.25) is 0 Å². The van der Waals surface area contributed by atoms with Gasteiger partial charge in [0.05, 0.1) is 0 Å². The van der Waals surface area contributed by atoms with Crippen LogP contribution >= 0.6 is 0 Å². The SMILES string of the molecule is Cc1nc(NC[C@H](NC(=O)OCC(=O)OC(C)(C)C)C(=O)O)c(C)c(N2CCC(c3ccc4c(n3)NCCC4)CC2)n1. The lowest BCUT2D eigenvalue weighted by molar-refractivity contribution is -0.158. The molecular weight excluding hydrogens is 542 g/mol. The van der Waals surface area contributed by atoms with E-state index < -0.39 is 36.3 Å². The van der Waals surface area contributed by atoms with E-state index in [-0.39, 0.29) is 6.54 Å². The zero-order chi connectivity index (χ0) is 30.4. The van der Waals surface area contributed by atoms with Crippen molar-refractivity contribution in [2.24, 2.45) is 0 Å². The molecule has 0 radical (unpaired) electrons. The Morgan fingerprint density at radius 1 is 1.14 bits per heavy atom. The molecule has 1 saturated heterocycles. The van der Waals surface area contributed by atoms with Gasteiger partial charge in [0.2, 0.25) is 0 Å². The second-order valence-corrected chi connectivity index (χ2v) is 11.7. The van der Waals surface area contributed by atoms with E-state index in [9.17, 15) is 19.5 Å². The zero-order valence-electron chi connectivity index (χ0n) is 25.0. The lowest BCUT2D eigenvalue weighted by Crippen LogP contribution is -2.46. The summed E-state index contributed by atoms with van der Waals surface area (Å²) in [6.07, 6.45) is 3.04. The number of aromatic nitrogens is 3. The lowest BCUT2D eigenvalue weighted by atomic mass is 9.92. The third kappa shape index (κ3) is 8.20. The van der Waals surface area contributed by atoms with Gasteiger partial charge in [-0.2, -0.15) is 0 Å². The first-order valence-electron chi connectivity index (χ1n) is 14.4. The van der Waals surface area contributed by atoms with E-state index in [4.69, 9.17) is 14.5 Å². The number of carboxylic acid groups (broad SMARTS) is 1. The minimum Gasteiger partial charge on any atom is -0.480 e. The second kappa shape index (κ2) is 13.2. The summed E-state index contributed by atoms with van der Waals surface area (Å²) in [6.45, 7) is 10.5. The highest BCUT2D eigenvalue weighted by molar-refractivity contribution is 5.82. The summed E-state index contributed by atoms with van der Waals surface area (Å²) in [6, 6.07) is 3.03. The number of aryl methyl sites for hydroxylation is 2. The first-order chi connectivity index (χ1) is 19.9. The van der Waals surface area contributed by atoms with Gasteiger partial charge in [0.25, 0.3) is 0 Å². The molecule has 4 N–H and O–H groups in total. The number of carbonyl (C=O) groups excluding carboxylic acids is 2. The Morgan fingerprint density at radius 2 is 1.88 bits per heavy atom. The van der Waals surface area contributed by atoms with Crippen LogP contribution in [0.1, 0.15) is 68.6 Å². The number of piperidine rings is 1. The molecule has 0 spiro atoms. The van der Waals surface area contributed by atoms with E-state index in [1.54, 1.807) is 27.7 Å². The van der Waals surface area contributed by atoms with Gasteiger partial charge in [0.15, 0.2) is 6.61 Å². The summed E-state index contributed by atoms with van der Waals surface area (Å²) in [5.74, 6) is 1.20. The predicted octanol–water partition coefficient (Wildman–Crippen LogP) is 3.16. The standard InChI is InChI=1S/C29H41N7O6/c1-17-24(31-15-22(27(38)39)35-28(40)41-16-23(37)42-29(3,4)5)32-18(2)33-26(17)36-13-10-19(11-14-36)21-9-8-20-7-6-12-30-25(20)34-21/h8-9,19,22H,6-7,10-16H2,1-5H3,(H,30,34)(H,35,40)(H,38,39)(H,31,32,33)/t22-/m0/s1. The first kappa shape index (κ1) is 30.8. The van der Waals surface area contributed by atoms with Crippen LogP contribution in [0, 0.1) is 13.8 Å². The van der Waals surface area contributed by atoms with Crippen LogP contribution in [0.5, 0.6) is 0 Å². The van der Waals surface area contributed by atoms with Crippen LogP contribution in [0.4, 0.5) is 22.2 Å². The fourth-order valence-corrected chi connectivity index (χ4v) is 5.13. The van der Waals surface area contributed by atoms with Crippen molar-refractivity contribution in [3.05, 3.63) is 34.8 Å². The topological polar surface area (TPSA) is 168 Å². The summed E-state index contributed by atoms with van der Waals surface area (Å²) in [5.41, 5.74) is 2.46. The van der Waals surface area contributed by atoms with Crippen molar-refractivity contribution >= 4 is 35.5 Å². The molecule has 2 aliphatic heterocycles. The molecule has 4 heterocycles. The molecule has 2 aromatic heterocycles. The van der Waals surface area contributed by atoms with Crippen LogP contribution < -0.4 is 20.9 Å². The molecule has 42 heavy (non-hydrogen) atoms. The average Bonchev–Trinajstić information content (AvgIpc) is 2.94. The third-order valence-corrected chi connectivity index (χ3v) is 7.17. The Kier molecular flexibility index (Phi) is 9.69. The van der Waals surface area contributed by atoms with Crippen molar-refractivity contribution in [1.82, 2.24) is 20.3 Å². The first-order valence-corrected chi connectivity index (χ1v) is 14.4. The smallest absolute Gasteiger partial charge is 0.408 e. The van der Waals surface area contributed by atoms with E-state index in [0.29, 0.717) is 17.6 Å². The van der Waals surface area contributed by atoms with E-state index in [0.717, 1.165) is 68.2 Å². The normalized spacial score (nSPS) is 16.1. The molecule has 228 valence electrons. The number of carboxylic acids is 1. The number of hydrogen-bond acceptors (Lipinski definition) is 11. The summed E-state index contributed by atoms with van der Waals surface area (Å²) in [4.78, 5) is 52.1. The molecule has 13 nitrogen and oxygen atoms in total. The van der Waals surface area contributed by atoms with Gasteiger partial charge < -0.3 is 35.4 Å². The molecule has 13 heteroatoms. The molecule has 1 amide bonds. The fourth-order valence-electron chi connectivity index (χ4n) is 5.13. The lowest BCUT2D eigenvalue weighted by Gasteiger charge is -2.34. The number of alkyl carbamates (subject to hydrolysis) is 1. The molecule has 0 unspecified atom stereocenters. The monoisotopic (exact) mass is 583 g/mol. The Balaban J connectivity index is 1.34.